The first-order chi connectivity index (χ1) is 16.2. The number of hydrogen-bond donors (Lipinski definition) is 4. The average molecular weight is 447 g/mol. The molecule has 10 heteroatoms. The highest BCUT2D eigenvalue weighted by molar-refractivity contribution is 5.85. The quantitative estimate of drug-likeness (QED) is 0.423. The number of aromatic nitrogens is 4. The Morgan fingerprint density at radius 1 is 1.12 bits per heavy atom. The Hall–Kier alpha value is -3.66. The number of carbonyl (C=O) groups is 1. The molecule has 4 atom stereocenters. The lowest BCUT2D eigenvalue weighted by Crippen LogP contribution is -2.41. The van der Waals surface area contributed by atoms with Crippen molar-refractivity contribution in [1.82, 2.24) is 19.9 Å². The molecule has 10 nitrogen and oxygen atoms in total. The molecule has 1 amide bonds. The fourth-order valence-electron chi connectivity index (χ4n) is 5.26. The molecule has 1 saturated heterocycles. The van der Waals surface area contributed by atoms with Gasteiger partial charge in [-0.05, 0) is 42.5 Å². The maximum atomic E-state index is 12.1. The molecule has 3 aliphatic rings. The predicted octanol–water partition coefficient (Wildman–Crippen LogP) is 2.02. The van der Waals surface area contributed by atoms with E-state index in [0.717, 1.165) is 44.1 Å². The molecule has 3 heterocycles. The van der Waals surface area contributed by atoms with Gasteiger partial charge in [0.05, 0.1) is 25.5 Å². The Kier molecular flexibility index (Phi) is 4.87. The summed E-state index contributed by atoms with van der Waals surface area (Å²) in [6, 6.07) is 8.10. The van der Waals surface area contributed by atoms with Crippen LogP contribution in [0.1, 0.15) is 6.42 Å². The molecule has 4 unspecified atom stereocenters. The maximum Gasteiger partial charge on any atom is 0.231 e. The third-order valence-corrected chi connectivity index (χ3v) is 6.87. The van der Waals surface area contributed by atoms with Crippen molar-refractivity contribution in [3.63, 3.8) is 0 Å². The molecule has 2 aromatic heterocycles. The number of carbonyl (C=O) groups excluding carboxylic acids is 1. The molecule has 33 heavy (non-hydrogen) atoms. The van der Waals surface area contributed by atoms with Gasteiger partial charge in [0, 0.05) is 30.5 Å². The van der Waals surface area contributed by atoms with E-state index in [0.29, 0.717) is 22.9 Å². The molecule has 0 radical (unpaired) electrons. The summed E-state index contributed by atoms with van der Waals surface area (Å²) in [5.41, 5.74) is 9.03. The van der Waals surface area contributed by atoms with Gasteiger partial charge in [0.2, 0.25) is 11.9 Å². The van der Waals surface area contributed by atoms with Crippen molar-refractivity contribution in [2.45, 2.75) is 12.5 Å². The normalized spacial score (nSPS) is 26.1. The highest BCUT2D eigenvalue weighted by Gasteiger charge is 2.47. The van der Waals surface area contributed by atoms with Crippen LogP contribution in [0.15, 0.2) is 42.7 Å². The number of nitrogens with zero attached hydrogens (tertiary/aromatic N) is 4. The second-order valence-electron chi connectivity index (χ2n) is 8.81. The average Bonchev–Trinajstić information content (AvgIpc) is 3.56. The standard InChI is InChI=1S/C23H26N8O2/c24-20(32)17-13-1-2-14(11-13)18(17)28-22-19-21(26-12-25-19)29-23(30-22)27-15-3-5-16(6-4-15)31-7-9-33-10-8-31/h1-6,12-14,17-18H,7-11H2,(H2,24,32)(H3,25,26,27,28,29,30). The summed E-state index contributed by atoms with van der Waals surface area (Å²) >= 11 is 0. The third-order valence-electron chi connectivity index (χ3n) is 6.87. The maximum absolute atomic E-state index is 12.1. The van der Waals surface area contributed by atoms with Crippen molar-refractivity contribution in [1.29, 1.82) is 0 Å². The zero-order valence-electron chi connectivity index (χ0n) is 18.1. The molecule has 3 aromatic rings. The van der Waals surface area contributed by atoms with Gasteiger partial charge in [-0.3, -0.25) is 4.79 Å². The Labute approximate surface area is 190 Å². The molecule has 170 valence electrons. The van der Waals surface area contributed by atoms with E-state index < -0.39 is 0 Å². The van der Waals surface area contributed by atoms with E-state index in [1.54, 1.807) is 6.33 Å². The minimum Gasteiger partial charge on any atom is -0.378 e. The monoisotopic (exact) mass is 446 g/mol. The van der Waals surface area contributed by atoms with E-state index >= 15 is 0 Å². The van der Waals surface area contributed by atoms with Gasteiger partial charge in [0.15, 0.2) is 11.5 Å². The lowest BCUT2D eigenvalue weighted by Gasteiger charge is -2.29. The molecule has 2 bridgehead atoms. The van der Waals surface area contributed by atoms with E-state index in [4.69, 9.17) is 15.5 Å². The summed E-state index contributed by atoms with van der Waals surface area (Å²) < 4.78 is 5.43. The lowest BCUT2D eigenvalue weighted by atomic mass is 9.88. The minimum absolute atomic E-state index is 0.104. The summed E-state index contributed by atoms with van der Waals surface area (Å²) in [7, 11) is 0. The van der Waals surface area contributed by atoms with Crippen LogP contribution in [0.5, 0.6) is 0 Å². The molecule has 1 aromatic carbocycles. The number of rotatable bonds is 6. The Morgan fingerprint density at radius 2 is 1.91 bits per heavy atom. The van der Waals surface area contributed by atoms with E-state index in [1.165, 1.54) is 0 Å². The second kappa shape index (κ2) is 8.04. The molecule has 1 aliphatic heterocycles. The van der Waals surface area contributed by atoms with Crippen LogP contribution < -0.4 is 21.3 Å². The number of morpholine rings is 1. The number of fused-ring (bicyclic) bond motifs is 3. The number of anilines is 4. The van der Waals surface area contributed by atoms with Crippen LogP contribution in [0.4, 0.5) is 23.1 Å². The molecule has 2 fully saturated rings. The van der Waals surface area contributed by atoms with Crippen molar-refractivity contribution < 1.29 is 9.53 Å². The first kappa shape index (κ1) is 20.0. The number of primary amides is 1. The van der Waals surface area contributed by atoms with E-state index in [9.17, 15) is 4.79 Å². The Morgan fingerprint density at radius 3 is 2.70 bits per heavy atom. The van der Waals surface area contributed by atoms with Crippen molar-refractivity contribution in [3.8, 4) is 0 Å². The van der Waals surface area contributed by atoms with Crippen LogP contribution in [0, 0.1) is 17.8 Å². The smallest absolute Gasteiger partial charge is 0.231 e. The van der Waals surface area contributed by atoms with Crippen LogP contribution >= 0.6 is 0 Å². The molecule has 5 N–H and O–H groups in total. The number of amides is 1. The molecule has 2 aliphatic carbocycles. The minimum atomic E-state index is -0.282. The van der Waals surface area contributed by atoms with Gasteiger partial charge in [0.1, 0.15) is 5.52 Å². The van der Waals surface area contributed by atoms with Gasteiger partial charge in [0.25, 0.3) is 0 Å². The SMILES string of the molecule is NC(=O)C1C2C=CC(C2)C1Nc1nc(Nc2ccc(N3CCOCC3)cc2)nc2[nH]cnc12. The number of ether oxygens (including phenoxy) is 1. The molecular weight excluding hydrogens is 420 g/mol. The largest absolute Gasteiger partial charge is 0.378 e. The summed E-state index contributed by atoms with van der Waals surface area (Å²) in [6.07, 6.45) is 6.80. The number of aromatic amines is 1. The van der Waals surface area contributed by atoms with Gasteiger partial charge in [-0.2, -0.15) is 9.97 Å². The number of imidazole rings is 1. The zero-order chi connectivity index (χ0) is 22.4. The van der Waals surface area contributed by atoms with E-state index in [-0.39, 0.29) is 29.7 Å². The van der Waals surface area contributed by atoms with Gasteiger partial charge in [-0.15, -0.1) is 0 Å². The third kappa shape index (κ3) is 3.66. The number of nitrogens with two attached hydrogens (primary N) is 1. The topological polar surface area (TPSA) is 134 Å². The van der Waals surface area contributed by atoms with Crippen LogP contribution in [0.3, 0.4) is 0 Å². The van der Waals surface area contributed by atoms with Crippen LogP contribution in [0.2, 0.25) is 0 Å². The molecule has 1 saturated carbocycles. The van der Waals surface area contributed by atoms with Gasteiger partial charge >= 0.3 is 0 Å². The summed E-state index contributed by atoms with van der Waals surface area (Å²) in [4.78, 5) is 31.2. The summed E-state index contributed by atoms with van der Waals surface area (Å²) in [6.45, 7) is 3.30. The summed E-state index contributed by atoms with van der Waals surface area (Å²) in [5.74, 6) is 0.932. The van der Waals surface area contributed by atoms with E-state index in [1.807, 2.05) is 12.1 Å². The van der Waals surface area contributed by atoms with Crippen molar-refractivity contribution in [2.24, 2.45) is 23.5 Å². The van der Waals surface area contributed by atoms with E-state index in [2.05, 4.69) is 54.8 Å². The number of benzene rings is 1. The zero-order valence-corrected chi connectivity index (χ0v) is 18.1. The van der Waals surface area contributed by atoms with Crippen LogP contribution in [0.25, 0.3) is 11.2 Å². The Bertz CT molecular complexity index is 1200. The van der Waals surface area contributed by atoms with Gasteiger partial charge in [-0.25, -0.2) is 4.98 Å². The number of H-pyrrole nitrogens is 1. The first-order valence-corrected chi connectivity index (χ1v) is 11.3. The number of hydrogen-bond acceptors (Lipinski definition) is 8. The second-order valence-corrected chi connectivity index (χ2v) is 8.81. The number of nitrogens with one attached hydrogen (secondary N) is 3. The number of allylic oxidation sites excluding steroid dienone is 1. The molecular formula is C23H26N8O2. The van der Waals surface area contributed by atoms with Crippen LogP contribution in [-0.4, -0.2) is 58.2 Å². The van der Waals surface area contributed by atoms with Crippen LogP contribution in [-0.2, 0) is 9.53 Å². The van der Waals surface area contributed by atoms with Crippen molar-refractivity contribution in [3.05, 3.63) is 42.7 Å². The highest BCUT2D eigenvalue weighted by Crippen LogP contribution is 2.45. The fourth-order valence-corrected chi connectivity index (χ4v) is 5.26. The predicted molar refractivity (Wildman–Crippen MR) is 125 cm³/mol. The lowest BCUT2D eigenvalue weighted by molar-refractivity contribution is -0.122. The van der Waals surface area contributed by atoms with Crippen molar-refractivity contribution in [2.75, 3.05) is 41.8 Å². The van der Waals surface area contributed by atoms with Gasteiger partial charge < -0.3 is 31.0 Å². The molecule has 0 spiro atoms. The summed E-state index contributed by atoms with van der Waals surface area (Å²) in [5, 5.41) is 6.76. The highest BCUT2D eigenvalue weighted by atomic mass is 16.5. The molecule has 6 rings (SSSR count). The Balaban J connectivity index is 1.25. The van der Waals surface area contributed by atoms with Gasteiger partial charge in [-0.1, -0.05) is 12.2 Å². The van der Waals surface area contributed by atoms with Crippen molar-refractivity contribution >= 4 is 40.2 Å². The first-order valence-electron chi connectivity index (χ1n) is 11.3. The fraction of sp³-hybridized carbons (Fsp3) is 0.391.